The van der Waals surface area contributed by atoms with Crippen LogP contribution in [-0.4, -0.2) is 18.3 Å². The molecule has 0 spiro atoms. The van der Waals surface area contributed by atoms with Crippen molar-refractivity contribution in [3.05, 3.63) is 313 Å². The molecule has 20 rings (SSSR count). The summed E-state index contributed by atoms with van der Waals surface area (Å²) in [4.78, 5) is 0. The zero-order chi connectivity index (χ0) is 65.3. The van der Waals surface area contributed by atoms with Crippen molar-refractivity contribution in [2.45, 2.75) is 7.43 Å². The summed E-state index contributed by atoms with van der Waals surface area (Å²) in [5.41, 5.74) is 21.6. The predicted molar refractivity (Wildman–Crippen MR) is 401 cm³/mol. The molecule has 0 radical (unpaired) electrons. The van der Waals surface area contributed by atoms with Gasteiger partial charge in [-0.25, -0.2) is 0 Å². The second kappa shape index (κ2) is 22.5. The van der Waals surface area contributed by atoms with Crippen LogP contribution in [0.3, 0.4) is 0 Å². The van der Waals surface area contributed by atoms with E-state index in [2.05, 4.69) is 237 Å². The number of nitriles is 4. The highest BCUT2D eigenvalue weighted by Crippen LogP contribution is 2.45. The lowest BCUT2D eigenvalue weighted by Gasteiger charge is -2.13. The van der Waals surface area contributed by atoms with Gasteiger partial charge in [-0.2, -0.15) is 21.0 Å². The molecule has 0 unspecified atom stereocenters. The fourth-order valence-electron chi connectivity index (χ4n) is 15.3. The lowest BCUT2D eigenvalue weighted by atomic mass is 10.0. The Labute approximate surface area is 566 Å². The van der Waals surface area contributed by atoms with E-state index in [0.717, 1.165) is 160 Å². The monoisotopic (exact) mass is 1260 g/mol. The SMILES string of the molecule is C.N#Cc1cc(-c2cccc(-n3c4ccccc4c4c5oc6ccccc6c5ccc43)c2)cc(-n2c3ccccc3c3cc(C#N)ccc32)c1.N#Cc1cc(-c2cccc(-n3c4ccccc4c4ccccc43)c2)cc(-n2c3ccccc3c3c4oc5c(C#N)cccc5c4ccc32)c1. The largest absolute Gasteiger partial charge is 0.455 e. The van der Waals surface area contributed by atoms with E-state index in [-0.39, 0.29) is 7.43 Å². The molecule has 14 aromatic carbocycles. The minimum absolute atomic E-state index is 0. The van der Waals surface area contributed by atoms with Gasteiger partial charge in [-0.05, 0) is 168 Å². The molecular formula is C89H52N8O2. The molecule has 10 nitrogen and oxygen atoms in total. The van der Waals surface area contributed by atoms with Gasteiger partial charge in [0.15, 0.2) is 5.58 Å². The molecule has 0 saturated carbocycles. The van der Waals surface area contributed by atoms with Gasteiger partial charge in [-0.1, -0.05) is 153 Å². The van der Waals surface area contributed by atoms with Gasteiger partial charge < -0.3 is 27.1 Å². The maximum absolute atomic E-state index is 10.3. The van der Waals surface area contributed by atoms with Crippen LogP contribution in [0.15, 0.2) is 300 Å². The molecule has 0 atom stereocenters. The van der Waals surface area contributed by atoms with E-state index in [1.165, 1.54) is 10.8 Å². The van der Waals surface area contributed by atoms with Crippen LogP contribution >= 0.6 is 0 Å². The number of furan rings is 2. The van der Waals surface area contributed by atoms with E-state index < -0.39 is 0 Å². The number of hydrogen-bond donors (Lipinski definition) is 0. The van der Waals surface area contributed by atoms with Crippen molar-refractivity contribution >= 4 is 131 Å². The quantitative estimate of drug-likeness (QED) is 0.162. The highest BCUT2D eigenvalue weighted by molar-refractivity contribution is 6.26. The molecule has 0 N–H and O–H groups in total. The fraction of sp³-hybridized carbons (Fsp3) is 0.0112. The summed E-state index contributed by atoms with van der Waals surface area (Å²) in [6.45, 7) is 0. The molecule has 0 fully saturated rings. The van der Waals surface area contributed by atoms with Gasteiger partial charge >= 0.3 is 0 Å². The number of nitrogens with zero attached hydrogens (tertiary/aromatic N) is 8. The summed E-state index contributed by atoms with van der Waals surface area (Å²) in [7, 11) is 0. The van der Waals surface area contributed by atoms with Crippen molar-refractivity contribution < 1.29 is 8.83 Å². The summed E-state index contributed by atoms with van der Waals surface area (Å²) in [5, 5.41) is 52.7. The molecule has 6 heterocycles. The van der Waals surface area contributed by atoms with E-state index in [4.69, 9.17) is 8.83 Å². The second-order valence-corrected chi connectivity index (χ2v) is 24.8. The van der Waals surface area contributed by atoms with Crippen molar-refractivity contribution in [3.8, 4) is 69.3 Å². The third kappa shape index (κ3) is 8.78. The van der Waals surface area contributed by atoms with Crippen LogP contribution in [0.5, 0.6) is 0 Å². The minimum Gasteiger partial charge on any atom is -0.455 e. The minimum atomic E-state index is 0. The first kappa shape index (κ1) is 57.5. The van der Waals surface area contributed by atoms with Gasteiger partial charge in [0.05, 0.1) is 95.4 Å². The molecule has 20 aromatic rings. The van der Waals surface area contributed by atoms with Crippen molar-refractivity contribution in [2.24, 2.45) is 0 Å². The molecular weight excluding hydrogens is 1210 g/mol. The first-order valence-corrected chi connectivity index (χ1v) is 32.3. The number of hydrogen-bond acceptors (Lipinski definition) is 6. The van der Waals surface area contributed by atoms with E-state index in [1.54, 1.807) is 6.07 Å². The van der Waals surface area contributed by atoms with Crippen molar-refractivity contribution in [1.29, 1.82) is 21.0 Å². The first-order chi connectivity index (χ1) is 48.4. The van der Waals surface area contributed by atoms with Crippen LogP contribution in [0, 0.1) is 45.3 Å². The standard InChI is InChI=1S/2C44H24N4O.CH4/c45-25-27-21-30(28-9-7-11-31(23-28)47-38-16-4-1-12-33(38)34-13-2-5-17-39(34)47)24-32(22-27)48-40-18-6-3-14-37(40)42-41(48)20-19-36-35-15-8-10-29(26-46)43(35)49-44(36)42;45-25-27-16-18-40-37(22-27)33-10-1-4-13-38(33)48(40)32-21-28(26-46)20-30(24-32)29-8-7-9-31(23-29)47-39-14-5-2-12-36(39)43-41(47)19-17-35-34-11-3-6-15-42(34)49-44(35)43;/h2*1-24H;1H4. The summed E-state index contributed by atoms with van der Waals surface area (Å²) in [6.07, 6.45) is 0. The average Bonchev–Trinajstić information content (AvgIpc) is 1.59. The molecule has 0 aliphatic carbocycles. The van der Waals surface area contributed by atoms with Gasteiger partial charge in [-0.3, -0.25) is 0 Å². The van der Waals surface area contributed by atoms with E-state index >= 15 is 0 Å². The van der Waals surface area contributed by atoms with E-state index in [1.807, 2.05) is 91.0 Å². The Morgan fingerprint density at radius 2 is 0.616 bits per heavy atom. The Kier molecular flexibility index (Phi) is 13.1. The molecule has 10 heteroatoms. The van der Waals surface area contributed by atoms with Crippen molar-refractivity contribution in [3.63, 3.8) is 0 Å². The van der Waals surface area contributed by atoms with Crippen molar-refractivity contribution in [1.82, 2.24) is 18.3 Å². The molecule has 0 aliphatic heterocycles. The summed E-state index contributed by atoms with van der Waals surface area (Å²) < 4.78 is 22.0. The van der Waals surface area contributed by atoms with Gasteiger partial charge in [-0.15, -0.1) is 0 Å². The van der Waals surface area contributed by atoms with Crippen LogP contribution in [0.4, 0.5) is 0 Å². The van der Waals surface area contributed by atoms with Gasteiger partial charge in [0.25, 0.3) is 0 Å². The third-order valence-electron chi connectivity index (χ3n) is 19.5. The Balaban J connectivity index is 0.000000142. The zero-order valence-electron chi connectivity index (χ0n) is 52.1. The summed E-state index contributed by atoms with van der Waals surface area (Å²) >= 11 is 0. The summed E-state index contributed by atoms with van der Waals surface area (Å²) in [5.74, 6) is 0. The number of aromatic nitrogens is 4. The van der Waals surface area contributed by atoms with E-state index in [9.17, 15) is 21.0 Å². The number of rotatable bonds is 6. The Bertz CT molecular complexity index is 6960. The number of fused-ring (bicyclic) bond motifs is 20. The number of benzene rings is 14. The molecule has 6 aromatic heterocycles. The topological polar surface area (TPSA) is 141 Å². The highest BCUT2D eigenvalue weighted by Gasteiger charge is 2.24. The lowest BCUT2D eigenvalue weighted by molar-refractivity contribution is 0.671. The van der Waals surface area contributed by atoms with Gasteiger partial charge in [0.1, 0.15) is 22.8 Å². The molecule has 0 saturated heterocycles. The van der Waals surface area contributed by atoms with Crippen molar-refractivity contribution in [2.75, 3.05) is 0 Å². The Morgan fingerprint density at radius 3 is 1.15 bits per heavy atom. The molecule has 99 heavy (non-hydrogen) atoms. The maximum atomic E-state index is 10.3. The lowest BCUT2D eigenvalue weighted by Crippen LogP contribution is -1.97. The molecule has 460 valence electrons. The average molecular weight is 1270 g/mol. The van der Waals surface area contributed by atoms with Crippen LogP contribution in [0.25, 0.3) is 176 Å². The molecule has 0 bridgehead atoms. The third-order valence-corrected chi connectivity index (χ3v) is 19.5. The number of para-hydroxylation sites is 7. The predicted octanol–water partition coefficient (Wildman–Crippen LogP) is 23.0. The highest BCUT2D eigenvalue weighted by atomic mass is 16.3. The summed E-state index contributed by atoms with van der Waals surface area (Å²) in [6, 6.07) is 109. The smallest absolute Gasteiger partial charge is 0.153 e. The van der Waals surface area contributed by atoms with E-state index in [0.29, 0.717) is 27.8 Å². The second-order valence-electron chi connectivity index (χ2n) is 24.8. The van der Waals surface area contributed by atoms with Crippen LogP contribution in [0.1, 0.15) is 29.7 Å². The van der Waals surface area contributed by atoms with Crippen LogP contribution < -0.4 is 0 Å². The normalized spacial score (nSPS) is 11.5. The molecule has 0 aliphatic rings. The zero-order valence-corrected chi connectivity index (χ0v) is 52.1. The van der Waals surface area contributed by atoms with Gasteiger partial charge in [0.2, 0.25) is 0 Å². The fourth-order valence-corrected chi connectivity index (χ4v) is 15.3. The van der Waals surface area contributed by atoms with Crippen LogP contribution in [-0.2, 0) is 0 Å². The molecule has 0 amide bonds. The van der Waals surface area contributed by atoms with Crippen LogP contribution in [0.2, 0.25) is 0 Å². The van der Waals surface area contributed by atoms with Gasteiger partial charge in [0, 0.05) is 76.6 Å². The Morgan fingerprint density at radius 1 is 0.232 bits per heavy atom. The Hall–Kier alpha value is -14.2. The first-order valence-electron chi connectivity index (χ1n) is 32.3. The maximum Gasteiger partial charge on any atom is 0.153 e.